The molecule has 0 bridgehead atoms. The molecule has 7 heteroatoms. The summed E-state index contributed by atoms with van der Waals surface area (Å²) < 4.78 is 6.89. The van der Waals surface area contributed by atoms with Crippen LogP contribution < -0.4 is 5.73 Å². The van der Waals surface area contributed by atoms with Gasteiger partial charge in [0.25, 0.3) is 0 Å². The number of anilines is 1. The van der Waals surface area contributed by atoms with E-state index < -0.39 is 0 Å². The number of nitrogens with zero attached hydrogens (tertiary/aromatic N) is 4. The van der Waals surface area contributed by atoms with Crippen molar-refractivity contribution >= 4 is 17.3 Å². The minimum atomic E-state index is -0.387. The molecule has 0 saturated heterocycles. The van der Waals surface area contributed by atoms with Gasteiger partial charge in [-0.15, -0.1) is 5.10 Å². The first kappa shape index (κ1) is 13.8. The molecule has 2 aromatic rings. The van der Waals surface area contributed by atoms with Gasteiger partial charge in [0.05, 0.1) is 22.9 Å². The molecule has 1 aromatic carbocycles. The normalized spacial score (nSPS) is 11.8. The van der Waals surface area contributed by atoms with E-state index in [0.29, 0.717) is 28.7 Å². The number of aromatic nitrogens is 4. The lowest BCUT2D eigenvalue weighted by Crippen LogP contribution is -2.33. The lowest BCUT2D eigenvalue weighted by molar-refractivity contribution is 0.101. The van der Waals surface area contributed by atoms with Gasteiger partial charge in [0.2, 0.25) is 0 Å². The van der Waals surface area contributed by atoms with E-state index in [2.05, 4.69) is 15.5 Å². The number of nitrogens with two attached hydrogens (primary N) is 1. The Kier molecular flexibility index (Phi) is 3.73. The maximum atomic E-state index is 6.22. The number of methoxy groups -OCH3 is 1. The van der Waals surface area contributed by atoms with Gasteiger partial charge < -0.3 is 10.5 Å². The molecular formula is C12H16ClN5O. The average molecular weight is 282 g/mol. The lowest BCUT2D eigenvalue weighted by atomic mass is 10.1. The molecule has 0 radical (unpaired) electrons. The summed E-state index contributed by atoms with van der Waals surface area (Å²) in [6, 6.07) is 5.39. The van der Waals surface area contributed by atoms with Gasteiger partial charge >= 0.3 is 0 Å². The number of ether oxygens (including phenoxy) is 1. The van der Waals surface area contributed by atoms with Crippen LogP contribution in [0.5, 0.6) is 0 Å². The fourth-order valence-corrected chi connectivity index (χ4v) is 2.11. The molecule has 2 rings (SSSR count). The van der Waals surface area contributed by atoms with E-state index in [1.807, 2.05) is 26.0 Å². The monoisotopic (exact) mass is 281 g/mol. The fraction of sp³-hybridized carbons (Fsp3) is 0.417. The third-order valence-corrected chi connectivity index (χ3v) is 3.23. The molecule has 2 N–H and O–H groups in total. The van der Waals surface area contributed by atoms with Crippen molar-refractivity contribution in [2.75, 3.05) is 19.5 Å². The number of hydrogen-bond acceptors (Lipinski definition) is 5. The number of tetrazole rings is 1. The van der Waals surface area contributed by atoms with Crippen LogP contribution in [0.15, 0.2) is 18.2 Å². The summed E-state index contributed by atoms with van der Waals surface area (Å²) in [7, 11) is 1.64. The standard InChI is InChI=1S/C12H16ClN5O/c1-12(2,7-19-3)18-11(15-16-17-18)8-5-4-6-9(14)10(8)13/h4-6H,7,14H2,1-3H3. The van der Waals surface area contributed by atoms with Crippen molar-refractivity contribution in [3.63, 3.8) is 0 Å². The highest BCUT2D eigenvalue weighted by molar-refractivity contribution is 6.35. The SMILES string of the molecule is COCC(C)(C)n1nnnc1-c1cccc(N)c1Cl. The van der Waals surface area contributed by atoms with Gasteiger partial charge in [-0.1, -0.05) is 17.7 Å². The first-order valence-electron chi connectivity index (χ1n) is 5.79. The summed E-state index contributed by atoms with van der Waals surface area (Å²) in [5.74, 6) is 0.569. The van der Waals surface area contributed by atoms with Gasteiger partial charge in [0.1, 0.15) is 0 Å². The Morgan fingerprint density at radius 2 is 2.16 bits per heavy atom. The summed E-state index contributed by atoms with van der Waals surface area (Å²) in [5, 5.41) is 12.2. The molecular weight excluding hydrogens is 266 g/mol. The second kappa shape index (κ2) is 5.14. The predicted octanol–water partition coefficient (Wildman–Crippen LogP) is 1.96. The summed E-state index contributed by atoms with van der Waals surface area (Å²) in [6.07, 6.45) is 0. The molecule has 0 saturated carbocycles. The van der Waals surface area contributed by atoms with E-state index >= 15 is 0 Å². The van der Waals surface area contributed by atoms with Gasteiger partial charge in [-0.2, -0.15) is 0 Å². The number of rotatable bonds is 4. The second-order valence-electron chi connectivity index (χ2n) is 4.87. The first-order chi connectivity index (χ1) is 8.97. The Bertz CT molecular complexity index is 581. The van der Waals surface area contributed by atoms with E-state index in [4.69, 9.17) is 22.1 Å². The molecule has 1 aromatic heterocycles. The highest BCUT2D eigenvalue weighted by Crippen LogP contribution is 2.32. The summed E-state index contributed by atoms with van der Waals surface area (Å²) in [5.41, 5.74) is 6.63. The maximum Gasteiger partial charge on any atom is 0.184 e. The van der Waals surface area contributed by atoms with Crippen molar-refractivity contribution in [1.29, 1.82) is 0 Å². The molecule has 1 heterocycles. The smallest absolute Gasteiger partial charge is 0.184 e. The summed E-state index contributed by atoms with van der Waals surface area (Å²) in [4.78, 5) is 0. The van der Waals surface area contributed by atoms with Crippen molar-refractivity contribution in [3.8, 4) is 11.4 Å². The van der Waals surface area contributed by atoms with Gasteiger partial charge in [0, 0.05) is 12.7 Å². The summed E-state index contributed by atoms with van der Waals surface area (Å²) >= 11 is 6.22. The Hall–Kier alpha value is -1.66. The second-order valence-corrected chi connectivity index (χ2v) is 5.25. The van der Waals surface area contributed by atoms with Crippen LogP contribution >= 0.6 is 11.6 Å². The van der Waals surface area contributed by atoms with Gasteiger partial charge in [-0.05, 0) is 36.4 Å². The van der Waals surface area contributed by atoms with Crippen LogP contribution in [0.25, 0.3) is 11.4 Å². The molecule has 0 unspecified atom stereocenters. The third kappa shape index (κ3) is 2.54. The van der Waals surface area contributed by atoms with Crippen LogP contribution in [-0.4, -0.2) is 33.9 Å². The van der Waals surface area contributed by atoms with Crippen LogP contribution in [-0.2, 0) is 10.3 Å². The third-order valence-electron chi connectivity index (χ3n) is 2.81. The Morgan fingerprint density at radius 3 is 2.84 bits per heavy atom. The average Bonchev–Trinajstić information content (AvgIpc) is 2.82. The lowest BCUT2D eigenvalue weighted by Gasteiger charge is -2.24. The number of hydrogen-bond donors (Lipinski definition) is 1. The predicted molar refractivity (Wildman–Crippen MR) is 73.9 cm³/mol. The number of halogens is 1. The molecule has 19 heavy (non-hydrogen) atoms. The fourth-order valence-electron chi connectivity index (χ4n) is 1.90. The van der Waals surface area contributed by atoms with Crippen LogP contribution in [0.4, 0.5) is 5.69 Å². The van der Waals surface area contributed by atoms with Crippen molar-refractivity contribution in [1.82, 2.24) is 20.2 Å². The van der Waals surface area contributed by atoms with E-state index in [0.717, 1.165) is 0 Å². The highest BCUT2D eigenvalue weighted by atomic mass is 35.5. The van der Waals surface area contributed by atoms with E-state index in [1.165, 1.54) is 0 Å². The van der Waals surface area contributed by atoms with Crippen LogP contribution in [0.1, 0.15) is 13.8 Å². The zero-order valence-electron chi connectivity index (χ0n) is 11.1. The van der Waals surface area contributed by atoms with Gasteiger partial charge in [-0.25, -0.2) is 4.68 Å². The van der Waals surface area contributed by atoms with Crippen molar-refractivity contribution < 1.29 is 4.74 Å². The maximum absolute atomic E-state index is 6.22. The summed E-state index contributed by atoms with van der Waals surface area (Å²) in [6.45, 7) is 4.44. The van der Waals surface area contributed by atoms with Gasteiger partial charge in [0.15, 0.2) is 5.82 Å². The molecule has 102 valence electrons. The molecule has 0 fully saturated rings. The number of nitrogen functional groups attached to an aromatic ring is 1. The van der Waals surface area contributed by atoms with Crippen LogP contribution in [0, 0.1) is 0 Å². The Morgan fingerprint density at radius 1 is 1.42 bits per heavy atom. The van der Waals surface area contributed by atoms with Crippen molar-refractivity contribution in [2.24, 2.45) is 0 Å². The molecule has 0 aliphatic heterocycles. The van der Waals surface area contributed by atoms with Gasteiger partial charge in [-0.3, -0.25) is 0 Å². The quantitative estimate of drug-likeness (QED) is 0.867. The minimum Gasteiger partial charge on any atom is -0.398 e. The zero-order chi connectivity index (χ0) is 14.0. The number of benzene rings is 1. The largest absolute Gasteiger partial charge is 0.398 e. The van der Waals surface area contributed by atoms with Crippen LogP contribution in [0.3, 0.4) is 0 Å². The molecule has 0 amide bonds. The van der Waals surface area contributed by atoms with Crippen molar-refractivity contribution in [2.45, 2.75) is 19.4 Å². The molecule has 0 aliphatic rings. The first-order valence-corrected chi connectivity index (χ1v) is 6.17. The van der Waals surface area contributed by atoms with Crippen molar-refractivity contribution in [3.05, 3.63) is 23.2 Å². The minimum absolute atomic E-state index is 0.387. The van der Waals surface area contributed by atoms with E-state index in [-0.39, 0.29) is 5.54 Å². The molecule has 6 nitrogen and oxygen atoms in total. The molecule has 0 spiro atoms. The van der Waals surface area contributed by atoms with E-state index in [9.17, 15) is 0 Å². The topological polar surface area (TPSA) is 78.8 Å². The molecule has 0 atom stereocenters. The van der Waals surface area contributed by atoms with E-state index in [1.54, 1.807) is 17.9 Å². The Labute approximate surface area is 116 Å². The Balaban J connectivity index is 2.53. The van der Waals surface area contributed by atoms with Crippen LogP contribution in [0.2, 0.25) is 5.02 Å². The molecule has 0 aliphatic carbocycles. The zero-order valence-corrected chi connectivity index (χ0v) is 11.8. The highest BCUT2D eigenvalue weighted by Gasteiger charge is 2.27.